The molecular weight excluding hydrogens is 500 g/mol. The molecule has 1 saturated carbocycles. The van der Waals surface area contributed by atoms with Gasteiger partial charge in [0.15, 0.2) is 5.13 Å². The third kappa shape index (κ3) is 4.86. The van der Waals surface area contributed by atoms with E-state index in [1.807, 2.05) is 56.5 Å². The van der Waals surface area contributed by atoms with Gasteiger partial charge in [-0.05, 0) is 37.0 Å². The monoisotopic (exact) mass is 530 g/mol. The molecule has 2 unspecified atom stereocenters. The molecule has 38 heavy (non-hydrogen) atoms. The van der Waals surface area contributed by atoms with Crippen LogP contribution in [0.2, 0.25) is 0 Å². The second-order valence-corrected chi connectivity index (χ2v) is 12.1. The Kier molecular flexibility index (Phi) is 6.43. The number of piperidine rings is 1. The quantitative estimate of drug-likeness (QED) is 0.405. The number of imide groups is 1. The lowest BCUT2D eigenvalue weighted by atomic mass is 9.52. The minimum atomic E-state index is -0.846. The molecule has 5 rings (SSSR count). The van der Waals surface area contributed by atoms with Crippen molar-refractivity contribution in [2.45, 2.75) is 46.6 Å². The van der Waals surface area contributed by atoms with E-state index < -0.39 is 16.2 Å². The van der Waals surface area contributed by atoms with Crippen LogP contribution >= 0.6 is 11.3 Å². The molecule has 8 nitrogen and oxygen atoms in total. The SMILES string of the molecule is CC1(C(=O)NCc2ccc(C(=O)Nc3nc(-c4ccccc4)cs3)cc2)CC2(C)CC(C)(C1)C(=O)NC2=O. The highest BCUT2D eigenvalue weighted by Gasteiger charge is 2.60. The first-order valence-electron chi connectivity index (χ1n) is 12.6. The molecule has 2 heterocycles. The number of carbonyl (C=O) groups excluding carboxylic acids is 4. The van der Waals surface area contributed by atoms with Crippen LogP contribution in [-0.4, -0.2) is 28.6 Å². The molecule has 2 aromatic carbocycles. The van der Waals surface area contributed by atoms with Gasteiger partial charge in [0, 0.05) is 39.3 Å². The third-order valence-electron chi connectivity index (χ3n) is 7.68. The lowest BCUT2D eigenvalue weighted by Gasteiger charge is -2.53. The number of nitrogens with zero attached hydrogens (tertiary/aromatic N) is 1. The third-order valence-corrected chi connectivity index (χ3v) is 8.43. The van der Waals surface area contributed by atoms with Crippen molar-refractivity contribution in [1.82, 2.24) is 15.6 Å². The Morgan fingerprint density at radius 3 is 2.18 bits per heavy atom. The number of amides is 4. The van der Waals surface area contributed by atoms with Crippen molar-refractivity contribution in [3.8, 4) is 11.3 Å². The molecule has 3 N–H and O–H groups in total. The van der Waals surface area contributed by atoms with Gasteiger partial charge in [-0.3, -0.25) is 29.8 Å². The maximum absolute atomic E-state index is 13.3. The van der Waals surface area contributed by atoms with Gasteiger partial charge in [0.05, 0.1) is 5.69 Å². The van der Waals surface area contributed by atoms with Gasteiger partial charge in [0.1, 0.15) is 0 Å². The molecule has 2 fully saturated rings. The van der Waals surface area contributed by atoms with Crippen LogP contribution < -0.4 is 16.0 Å². The molecule has 4 amide bonds. The predicted molar refractivity (Wildman–Crippen MR) is 145 cm³/mol. The van der Waals surface area contributed by atoms with E-state index in [9.17, 15) is 19.2 Å². The zero-order chi connectivity index (χ0) is 27.1. The van der Waals surface area contributed by atoms with E-state index in [0.717, 1.165) is 16.8 Å². The number of fused-ring (bicyclic) bond motifs is 2. The fourth-order valence-electron chi connectivity index (χ4n) is 6.07. The summed E-state index contributed by atoms with van der Waals surface area (Å²) in [6.07, 6.45) is 1.20. The Bertz CT molecular complexity index is 1390. The summed E-state index contributed by atoms with van der Waals surface area (Å²) in [7, 11) is 0. The van der Waals surface area contributed by atoms with Crippen LogP contribution in [0.4, 0.5) is 5.13 Å². The number of hydrogen-bond donors (Lipinski definition) is 3. The van der Waals surface area contributed by atoms with Crippen molar-refractivity contribution in [3.63, 3.8) is 0 Å². The maximum atomic E-state index is 13.3. The Balaban J connectivity index is 1.20. The highest BCUT2D eigenvalue weighted by atomic mass is 32.1. The van der Waals surface area contributed by atoms with Crippen molar-refractivity contribution in [2.24, 2.45) is 16.2 Å². The van der Waals surface area contributed by atoms with Crippen LogP contribution in [0.15, 0.2) is 60.0 Å². The van der Waals surface area contributed by atoms with E-state index in [1.165, 1.54) is 11.3 Å². The van der Waals surface area contributed by atoms with E-state index >= 15 is 0 Å². The second kappa shape index (κ2) is 9.47. The van der Waals surface area contributed by atoms with Gasteiger partial charge in [-0.25, -0.2) is 4.98 Å². The van der Waals surface area contributed by atoms with E-state index in [2.05, 4.69) is 20.9 Å². The normalized spacial score (nSPS) is 26.4. The van der Waals surface area contributed by atoms with Gasteiger partial charge in [-0.15, -0.1) is 11.3 Å². The predicted octanol–water partition coefficient (Wildman–Crippen LogP) is 4.54. The average Bonchev–Trinajstić information content (AvgIpc) is 3.35. The summed E-state index contributed by atoms with van der Waals surface area (Å²) >= 11 is 1.36. The van der Waals surface area contributed by atoms with Crippen LogP contribution in [0.5, 0.6) is 0 Å². The van der Waals surface area contributed by atoms with Gasteiger partial charge in [0.25, 0.3) is 5.91 Å². The number of nitrogens with one attached hydrogen (secondary N) is 3. The molecule has 1 aliphatic heterocycles. The zero-order valence-corrected chi connectivity index (χ0v) is 22.4. The molecule has 196 valence electrons. The Morgan fingerprint density at radius 1 is 0.921 bits per heavy atom. The van der Waals surface area contributed by atoms with Crippen molar-refractivity contribution >= 4 is 40.1 Å². The standard InChI is InChI=1S/C29H30N4O4S/c1-27(15-28(2)17-29(3,16-27)25(37)33-24(28)36)23(35)30-13-18-9-11-20(12-10-18)22(34)32-26-31-21(14-38-26)19-7-5-4-6-8-19/h4-12,14H,13,15-17H2,1-3H3,(H,30,35)(H,31,32,34)(H,33,36,37). The molecule has 9 heteroatoms. The van der Waals surface area contributed by atoms with Gasteiger partial charge < -0.3 is 5.32 Å². The van der Waals surface area contributed by atoms with Crippen LogP contribution in [0.3, 0.4) is 0 Å². The number of anilines is 1. The van der Waals surface area contributed by atoms with E-state index in [4.69, 9.17) is 0 Å². The first-order valence-corrected chi connectivity index (χ1v) is 13.4. The van der Waals surface area contributed by atoms with Crippen molar-refractivity contribution in [3.05, 3.63) is 71.1 Å². The molecule has 1 saturated heterocycles. The number of aromatic nitrogens is 1. The van der Waals surface area contributed by atoms with Gasteiger partial charge >= 0.3 is 0 Å². The summed E-state index contributed by atoms with van der Waals surface area (Å²) in [5.41, 5.74) is 0.735. The Morgan fingerprint density at radius 2 is 1.55 bits per heavy atom. The average molecular weight is 531 g/mol. The first-order chi connectivity index (χ1) is 18.0. The lowest BCUT2D eigenvalue weighted by Crippen LogP contribution is -2.63. The molecular formula is C29H30N4O4S. The smallest absolute Gasteiger partial charge is 0.257 e. The van der Waals surface area contributed by atoms with Crippen LogP contribution in [0, 0.1) is 16.2 Å². The summed E-state index contributed by atoms with van der Waals surface area (Å²) in [5.74, 6) is -1.06. The molecule has 2 bridgehead atoms. The topological polar surface area (TPSA) is 117 Å². The van der Waals surface area contributed by atoms with Crippen molar-refractivity contribution in [2.75, 3.05) is 5.32 Å². The fourth-order valence-corrected chi connectivity index (χ4v) is 6.78. The zero-order valence-electron chi connectivity index (χ0n) is 21.6. The highest BCUT2D eigenvalue weighted by Crippen LogP contribution is 2.56. The number of benzene rings is 2. The number of hydrogen-bond acceptors (Lipinski definition) is 6. The number of carbonyl (C=O) groups is 4. The molecule has 0 radical (unpaired) electrons. The maximum Gasteiger partial charge on any atom is 0.257 e. The Hall–Kier alpha value is -3.85. The van der Waals surface area contributed by atoms with Crippen molar-refractivity contribution < 1.29 is 19.2 Å². The number of thiazole rings is 1. The van der Waals surface area contributed by atoms with Gasteiger partial charge in [0.2, 0.25) is 17.7 Å². The highest BCUT2D eigenvalue weighted by molar-refractivity contribution is 7.14. The Labute approximate surface area is 225 Å². The van der Waals surface area contributed by atoms with Crippen LogP contribution in [-0.2, 0) is 20.9 Å². The van der Waals surface area contributed by atoms with Crippen LogP contribution in [0.25, 0.3) is 11.3 Å². The number of rotatable bonds is 6. The lowest BCUT2D eigenvalue weighted by molar-refractivity contribution is -0.164. The van der Waals surface area contributed by atoms with Gasteiger partial charge in [-0.2, -0.15) is 0 Å². The second-order valence-electron chi connectivity index (χ2n) is 11.2. The minimum Gasteiger partial charge on any atom is -0.352 e. The van der Waals surface area contributed by atoms with E-state index in [1.54, 1.807) is 24.3 Å². The fraction of sp³-hybridized carbons (Fsp3) is 0.345. The largest absolute Gasteiger partial charge is 0.352 e. The molecule has 2 atom stereocenters. The van der Waals surface area contributed by atoms with E-state index in [-0.39, 0.29) is 30.2 Å². The van der Waals surface area contributed by atoms with E-state index in [0.29, 0.717) is 30.0 Å². The van der Waals surface area contributed by atoms with Crippen LogP contribution in [0.1, 0.15) is 56.0 Å². The summed E-state index contributed by atoms with van der Waals surface area (Å²) in [4.78, 5) is 55.6. The summed E-state index contributed by atoms with van der Waals surface area (Å²) in [6, 6.07) is 16.8. The molecule has 1 aliphatic carbocycles. The molecule has 2 aliphatic rings. The first kappa shape index (κ1) is 25.8. The molecule has 3 aromatic rings. The molecule has 0 spiro atoms. The molecule has 1 aromatic heterocycles. The summed E-state index contributed by atoms with van der Waals surface area (Å²) in [6.45, 7) is 5.77. The summed E-state index contributed by atoms with van der Waals surface area (Å²) < 4.78 is 0. The summed E-state index contributed by atoms with van der Waals surface area (Å²) in [5, 5.41) is 10.7. The van der Waals surface area contributed by atoms with Gasteiger partial charge in [-0.1, -0.05) is 63.2 Å². The van der Waals surface area contributed by atoms with Crippen molar-refractivity contribution in [1.29, 1.82) is 0 Å². The minimum absolute atomic E-state index is 0.183.